The van der Waals surface area contributed by atoms with Gasteiger partial charge in [-0.2, -0.15) is 0 Å². The summed E-state index contributed by atoms with van der Waals surface area (Å²) in [5.74, 6) is -0.577. The number of carbonyl (C=O) groups excluding carboxylic acids is 3. The first kappa shape index (κ1) is 23.8. The number of imidazole rings is 1. The fourth-order valence-electron chi connectivity index (χ4n) is 3.44. The molecule has 0 saturated carbocycles. The molecule has 9 heteroatoms. The van der Waals surface area contributed by atoms with Gasteiger partial charge in [-0.05, 0) is 37.1 Å². The second kappa shape index (κ2) is 10.6. The molecule has 0 radical (unpaired) electrons. The minimum Gasteiger partial charge on any atom is -0.493 e. The van der Waals surface area contributed by atoms with Crippen molar-refractivity contribution in [1.82, 2.24) is 25.7 Å². The average molecular weight is 452 g/mol. The number of rotatable bonds is 8. The maximum atomic E-state index is 12.8. The zero-order valence-electron chi connectivity index (χ0n) is 19.2. The Labute approximate surface area is 192 Å². The van der Waals surface area contributed by atoms with Gasteiger partial charge in [0, 0.05) is 7.05 Å². The van der Waals surface area contributed by atoms with Crippen LogP contribution in [0.1, 0.15) is 37.0 Å². The summed E-state index contributed by atoms with van der Waals surface area (Å²) in [4.78, 5) is 42.4. The van der Waals surface area contributed by atoms with E-state index in [1.54, 1.807) is 38.1 Å². The van der Waals surface area contributed by atoms with Crippen molar-refractivity contribution in [2.45, 2.75) is 33.2 Å². The molecule has 1 aromatic heterocycles. The number of nitrogens with one attached hydrogen (secondary N) is 3. The van der Waals surface area contributed by atoms with Crippen LogP contribution in [0.4, 0.5) is 0 Å². The van der Waals surface area contributed by atoms with Crippen LogP contribution in [0.3, 0.4) is 0 Å². The first-order valence-electron chi connectivity index (χ1n) is 10.8. The molecule has 3 rings (SSSR count). The SMILES string of the molecule is CCOc1ccccc1C(=O)N[C@H](C(=O)NNC(=O)Cc1nc2ccccc2n1C)C(C)C. The second-order valence-electron chi connectivity index (χ2n) is 7.91. The molecule has 2 aromatic carbocycles. The van der Waals surface area contributed by atoms with Crippen LogP contribution in [0.2, 0.25) is 0 Å². The van der Waals surface area contributed by atoms with Crippen LogP contribution < -0.4 is 20.9 Å². The Kier molecular flexibility index (Phi) is 7.66. The van der Waals surface area contributed by atoms with Gasteiger partial charge < -0.3 is 14.6 Å². The van der Waals surface area contributed by atoms with E-state index < -0.39 is 23.8 Å². The van der Waals surface area contributed by atoms with Gasteiger partial charge in [0.25, 0.3) is 11.8 Å². The van der Waals surface area contributed by atoms with E-state index in [1.807, 2.05) is 42.8 Å². The van der Waals surface area contributed by atoms with E-state index in [1.165, 1.54) is 0 Å². The van der Waals surface area contributed by atoms with Crippen LogP contribution in [0.15, 0.2) is 48.5 Å². The number of hydrazine groups is 1. The number of aryl methyl sites for hydroxylation is 1. The Balaban J connectivity index is 1.61. The van der Waals surface area contributed by atoms with Gasteiger partial charge in [0.05, 0.1) is 29.6 Å². The van der Waals surface area contributed by atoms with Crippen molar-refractivity contribution < 1.29 is 19.1 Å². The van der Waals surface area contributed by atoms with Crippen LogP contribution >= 0.6 is 0 Å². The molecule has 3 amide bonds. The molecule has 3 aromatic rings. The summed E-state index contributed by atoms with van der Waals surface area (Å²) in [6.07, 6.45) is -0.00804. The predicted octanol–water partition coefficient (Wildman–Crippen LogP) is 2.12. The molecule has 0 spiro atoms. The quantitative estimate of drug-likeness (QED) is 0.454. The maximum absolute atomic E-state index is 12.8. The number of ether oxygens (including phenoxy) is 1. The van der Waals surface area contributed by atoms with Crippen molar-refractivity contribution in [3.8, 4) is 5.75 Å². The third kappa shape index (κ3) is 5.68. The maximum Gasteiger partial charge on any atom is 0.261 e. The van der Waals surface area contributed by atoms with Gasteiger partial charge in [-0.3, -0.25) is 25.2 Å². The number of aromatic nitrogens is 2. The molecule has 3 N–H and O–H groups in total. The number of benzene rings is 2. The van der Waals surface area contributed by atoms with Crippen LogP contribution in [-0.4, -0.2) is 39.9 Å². The molecule has 1 atom stereocenters. The zero-order valence-corrected chi connectivity index (χ0v) is 19.2. The lowest BCUT2D eigenvalue weighted by Crippen LogP contribution is -2.54. The summed E-state index contributed by atoms with van der Waals surface area (Å²) in [5, 5.41) is 2.73. The van der Waals surface area contributed by atoms with Crippen molar-refractivity contribution in [2.24, 2.45) is 13.0 Å². The third-order valence-electron chi connectivity index (χ3n) is 5.19. The molecule has 33 heavy (non-hydrogen) atoms. The first-order valence-corrected chi connectivity index (χ1v) is 10.8. The fourth-order valence-corrected chi connectivity index (χ4v) is 3.44. The number of para-hydroxylation sites is 3. The Hall–Kier alpha value is -3.88. The summed E-state index contributed by atoms with van der Waals surface area (Å²) in [6, 6.07) is 13.6. The Morgan fingerprint density at radius 1 is 1.03 bits per heavy atom. The molecule has 0 aliphatic heterocycles. The summed E-state index contributed by atoms with van der Waals surface area (Å²) >= 11 is 0. The lowest BCUT2D eigenvalue weighted by atomic mass is 10.0. The van der Waals surface area contributed by atoms with E-state index >= 15 is 0 Å². The number of carbonyl (C=O) groups is 3. The van der Waals surface area contributed by atoms with E-state index in [2.05, 4.69) is 21.2 Å². The number of nitrogens with zero attached hydrogens (tertiary/aromatic N) is 2. The topological polar surface area (TPSA) is 114 Å². The predicted molar refractivity (Wildman–Crippen MR) is 124 cm³/mol. The average Bonchev–Trinajstić information content (AvgIpc) is 3.11. The van der Waals surface area contributed by atoms with E-state index in [-0.39, 0.29) is 12.3 Å². The number of hydrogen-bond donors (Lipinski definition) is 3. The van der Waals surface area contributed by atoms with Crippen molar-refractivity contribution in [2.75, 3.05) is 6.61 Å². The van der Waals surface area contributed by atoms with Gasteiger partial charge in [0.15, 0.2) is 0 Å². The summed E-state index contributed by atoms with van der Waals surface area (Å²) in [6.45, 7) is 5.85. The molecule has 0 fully saturated rings. The molecule has 0 aliphatic carbocycles. The van der Waals surface area contributed by atoms with Crippen molar-refractivity contribution >= 4 is 28.8 Å². The molecule has 174 valence electrons. The Morgan fingerprint density at radius 2 is 1.73 bits per heavy atom. The normalized spacial score (nSPS) is 11.8. The van der Waals surface area contributed by atoms with E-state index in [9.17, 15) is 14.4 Å². The van der Waals surface area contributed by atoms with Gasteiger partial charge in [0.2, 0.25) is 5.91 Å². The van der Waals surface area contributed by atoms with Crippen LogP contribution in [0.5, 0.6) is 5.75 Å². The standard InChI is InChI=1S/C24H29N5O4/c1-5-33-19-13-9-6-10-16(19)23(31)26-22(15(2)3)24(32)28-27-21(30)14-20-25-17-11-7-8-12-18(17)29(20)4/h6-13,15,22H,5,14H2,1-4H3,(H,26,31)(H,27,30)(H,28,32)/t22-/m0/s1. The van der Waals surface area contributed by atoms with Crippen LogP contribution in [-0.2, 0) is 23.1 Å². The van der Waals surface area contributed by atoms with E-state index in [0.717, 1.165) is 11.0 Å². The van der Waals surface area contributed by atoms with E-state index in [0.29, 0.717) is 23.7 Å². The van der Waals surface area contributed by atoms with Crippen molar-refractivity contribution in [3.05, 3.63) is 59.9 Å². The highest BCUT2D eigenvalue weighted by Gasteiger charge is 2.26. The molecule has 9 nitrogen and oxygen atoms in total. The zero-order chi connectivity index (χ0) is 24.0. The number of amides is 3. The minimum absolute atomic E-state index is 0.00804. The number of hydrogen-bond acceptors (Lipinski definition) is 5. The Morgan fingerprint density at radius 3 is 2.42 bits per heavy atom. The van der Waals surface area contributed by atoms with Crippen LogP contribution in [0.25, 0.3) is 11.0 Å². The molecule has 0 aliphatic rings. The molecular formula is C24H29N5O4. The highest BCUT2D eigenvalue weighted by atomic mass is 16.5. The summed E-state index contributed by atoms with van der Waals surface area (Å²) in [7, 11) is 1.83. The van der Waals surface area contributed by atoms with Gasteiger partial charge >= 0.3 is 0 Å². The fraction of sp³-hybridized carbons (Fsp3) is 0.333. The van der Waals surface area contributed by atoms with Gasteiger partial charge in [-0.1, -0.05) is 38.1 Å². The van der Waals surface area contributed by atoms with Gasteiger partial charge in [-0.15, -0.1) is 0 Å². The minimum atomic E-state index is -0.858. The monoisotopic (exact) mass is 451 g/mol. The van der Waals surface area contributed by atoms with Gasteiger partial charge in [-0.25, -0.2) is 4.98 Å². The van der Waals surface area contributed by atoms with Crippen molar-refractivity contribution in [3.63, 3.8) is 0 Å². The Bertz CT molecular complexity index is 1150. The molecule has 0 unspecified atom stereocenters. The summed E-state index contributed by atoms with van der Waals surface area (Å²) in [5.41, 5.74) is 6.87. The van der Waals surface area contributed by atoms with Gasteiger partial charge in [0.1, 0.15) is 17.6 Å². The van der Waals surface area contributed by atoms with Crippen molar-refractivity contribution in [1.29, 1.82) is 0 Å². The third-order valence-corrected chi connectivity index (χ3v) is 5.19. The van der Waals surface area contributed by atoms with E-state index in [4.69, 9.17) is 4.74 Å². The van der Waals surface area contributed by atoms with Crippen LogP contribution in [0, 0.1) is 5.92 Å². The lowest BCUT2D eigenvalue weighted by molar-refractivity contribution is -0.130. The summed E-state index contributed by atoms with van der Waals surface area (Å²) < 4.78 is 7.34. The smallest absolute Gasteiger partial charge is 0.261 e. The molecular weight excluding hydrogens is 422 g/mol. The molecule has 0 saturated heterocycles. The molecule has 0 bridgehead atoms. The highest BCUT2D eigenvalue weighted by molar-refractivity contribution is 6.00. The second-order valence-corrected chi connectivity index (χ2v) is 7.91. The lowest BCUT2D eigenvalue weighted by Gasteiger charge is -2.22. The first-order chi connectivity index (χ1) is 15.8. The largest absolute Gasteiger partial charge is 0.493 e. The number of fused-ring (bicyclic) bond motifs is 1. The highest BCUT2D eigenvalue weighted by Crippen LogP contribution is 2.18. The molecule has 1 heterocycles.